The Morgan fingerprint density at radius 1 is 1.33 bits per heavy atom. The standard InChI is InChI=1S/C9H9N3/c1-2-7-6-10-9-4-5-11-12(9)8(7)3-1/h4-6H,1-3H2. The van der Waals surface area contributed by atoms with E-state index < -0.39 is 0 Å². The molecule has 0 N–H and O–H groups in total. The fraction of sp³-hybridized carbons (Fsp3) is 0.333. The van der Waals surface area contributed by atoms with Crippen molar-refractivity contribution in [3.8, 4) is 0 Å². The van der Waals surface area contributed by atoms with Gasteiger partial charge in [-0.1, -0.05) is 0 Å². The van der Waals surface area contributed by atoms with Gasteiger partial charge in [0.05, 0.1) is 6.20 Å². The maximum Gasteiger partial charge on any atom is 0.155 e. The zero-order valence-corrected chi connectivity index (χ0v) is 6.70. The average Bonchev–Trinajstić information content (AvgIpc) is 2.71. The molecule has 3 heteroatoms. The molecule has 3 nitrogen and oxygen atoms in total. The highest BCUT2D eigenvalue weighted by atomic mass is 15.2. The van der Waals surface area contributed by atoms with Crippen LogP contribution in [0.15, 0.2) is 18.5 Å². The summed E-state index contributed by atoms with van der Waals surface area (Å²) >= 11 is 0. The Bertz CT molecular complexity index is 430. The van der Waals surface area contributed by atoms with Crippen LogP contribution >= 0.6 is 0 Å². The first kappa shape index (κ1) is 6.17. The Kier molecular flexibility index (Phi) is 1.06. The second-order valence-corrected chi connectivity index (χ2v) is 3.18. The molecule has 1 aliphatic carbocycles. The zero-order valence-electron chi connectivity index (χ0n) is 6.70. The van der Waals surface area contributed by atoms with E-state index in [2.05, 4.69) is 10.1 Å². The first-order valence-corrected chi connectivity index (χ1v) is 4.26. The van der Waals surface area contributed by atoms with Gasteiger partial charge in [0.2, 0.25) is 0 Å². The lowest BCUT2D eigenvalue weighted by molar-refractivity contribution is 0.837. The SMILES string of the molecule is c1cc2ncc3c(n2n1)CCC3. The van der Waals surface area contributed by atoms with Crippen molar-refractivity contribution in [2.24, 2.45) is 0 Å². The van der Waals surface area contributed by atoms with E-state index in [-0.39, 0.29) is 0 Å². The average molecular weight is 159 g/mol. The molecule has 60 valence electrons. The molecule has 2 heterocycles. The molecular formula is C9H9N3. The predicted octanol–water partition coefficient (Wildman–Crippen LogP) is 1.22. The smallest absolute Gasteiger partial charge is 0.155 e. The van der Waals surface area contributed by atoms with Gasteiger partial charge in [-0.05, 0) is 24.8 Å². The third-order valence-corrected chi connectivity index (χ3v) is 2.46. The molecule has 0 saturated carbocycles. The van der Waals surface area contributed by atoms with Gasteiger partial charge in [-0.25, -0.2) is 9.50 Å². The number of rotatable bonds is 0. The lowest BCUT2D eigenvalue weighted by Crippen LogP contribution is -1.98. The Balaban J connectivity index is 2.46. The molecule has 0 saturated heterocycles. The van der Waals surface area contributed by atoms with Crippen LogP contribution in [-0.4, -0.2) is 14.6 Å². The summed E-state index contributed by atoms with van der Waals surface area (Å²) < 4.78 is 1.96. The van der Waals surface area contributed by atoms with Crippen molar-refractivity contribution >= 4 is 5.65 Å². The van der Waals surface area contributed by atoms with Crippen LogP contribution in [0.25, 0.3) is 5.65 Å². The van der Waals surface area contributed by atoms with Crippen LogP contribution in [0, 0.1) is 0 Å². The van der Waals surface area contributed by atoms with Crippen LogP contribution in [0.3, 0.4) is 0 Å². The van der Waals surface area contributed by atoms with Crippen molar-refractivity contribution < 1.29 is 0 Å². The Morgan fingerprint density at radius 3 is 3.33 bits per heavy atom. The van der Waals surface area contributed by atoms with Crippen molar-refractivity contribution in [3.05, 3.63) is 29.7 Å². The largest absolute Gasteiger partial charge is 0.237 e. The van der Waals surface area contributed by atoms with Gasteiger partial charge in [0.15, 0.2) is 5.65 Å². The molecule has 3 rings (SSSR count). The molecular weight excluding hydrogens is 150 g/mol. The van der Waals surface area contributed by atoms with E-state index in [0.717, 1.165) is 18.5 Å². The number of aryl methyl sites for hydroxylation is 2. The molecule has 0 aromatic carbocycles. The van der Waals surface area contributed by atoms with Crippen molar-refractivity contribution in [1.29, 1.82) is 0 Å². The summed E-state index contributed by atoms with van der Waals surface area (Å²) in [5, 5.41) is 4.24. The first-order valence-electron chi connectivity index (χ1n) is 4.26. The fourth-order valence-electron chi connectivity index (χ4n) is 1.88. The van der Waals surface area contributed by atoms with Crippen molar-refractivity contribution in [2.45, 2.75) is 19.3 Å². The first-order chi connectivity index (χ1) is 5.95. The minimum atomic E-state index is 0.968. The molecule has 12 heavy (non-hydrogen) atoms. The highest BCUT2D eigenvalue weighted by molar-refractivity contribution is 5.40. The van der Waals surface area contributed by atoms with Gasteiger partial charge < -0.3 is 0 Å². The predicted molar refractivity (Wildman–Crippen MR) is 45.0 cm³/mol. The number of fused-ring (bicyclic) bond motifs is 3. The van der Waals surface area contributed by atoms with E-state index in [0.29, 0.717) is 0 Å². The second-order valence-electron chi connectivity index (χ2n) is 3.18. The molecule has 0 bridgehead atoms. The number of aromatic nitrogens is 3. The van der Waals surface area contributed by atoms with Crippen LogP contribution in [0.2, 0.25) is 0 Å². The van der Waals surface area contributed by atoms with E-state index in [9.17, 15) is 0 Å². The highest BCUT2D eigenvalue weighted by Gasteiger charge is 2.14. The van der Waals surface area contributed by atoms with Gasteiger partial charge in [-0.2, -0.15) is 5.10 Å². The summed E-state index contributed by atoms with van der Waals surface area (Å²) in [4.78, 5) is 4.31. The lowest BCUT2D eigenvalue weighted by atomic mass is 10.3. The molecule has 2 aromatic rings. The minimum absolute atomic E-state index is 0.968. The number of nitrogens with zero attached hydrogens (tertiary/aromatic N) is 3. The quantitative estimate of drug-likeness (QED) is 0.578. The Morgan fingerprint density at radius 2 is 2.33 bits per heavy atom. The van der Waals surface area contributed by atoms with Crippen LogP contribution < -0.4 is 0 Å². The molecule has 0 atom stereocenters. The van der Waals surface area contributed by atoms with E-state index in [1.54, 1.807) is 6.20 Å². The molecule has 1 aliphatic rings. The lowest BCUT2D eigenvalue weighted by Gasteiger charge is -2.00. The van der Waals surface area contributed by atoms with Gasteiger partial charge >= 0.3 is 0 Å². The van der Waals surface area contributed by atoms with Gasteiger partial charge in [0.25, 0.3) is 0 Å². The van der Waals surface area contributed by atoms with Gasteiger partial charge in [0, 0.05) is 18.0 Å². The molecule has 0 unspecified atom stereocenters. The van der Waals surface area contributed by atoms with Gasteiger partial charge in [-0.15, -0.1) is 0 Å². The molecule has 0 radical (unpaired) electrons. The maximum absolute atomic E-state index is 4.31. The third kappa shape index (κ3) is 0.656. The van der Waals surface area contributed by atoms with E-state index in [1.165, 1.54) is 17.7 Å². The van der Waals surface area contributed by atoms with Crippen LogP contribution in [0.4, 0.5) is 0 Å². The number of hydrogen-bond donors (Lipinski definition) is 0. The Labute approximate surface area is 70.0 Å². The topological polar surface area (TPSA) is 30.2 Å². The Hall–Kier alpha value is -1.38. The summed E-state index contributed by atoms with van der Waals surface area (Å²) in [6, 6.07) is 1.94. The molecule has 0 spiro atoms. The van der Waals surface area contributed by atoms with E-state index in [4.69, 9.17) is 0 Å². The summed E-state index contributed by atoms with van der Waals surface area (Å²) in [5.41, 5.74) is 3.69. The van der Waals surface area contributed by atoms with Gasteiger partial charge in [-0.3, -0.25) is 0 Å². The maximum atomic E-state index is 4.31. The summed E-state index contributed by atoms with van der Waals surface area (Å²) in [5.74, 6) is 0. The zero-order chi connectivity index (χ0) is 7.97. The summed E-state index contributed by atoms with van der Waals surface area (Å²) in [6.07, 6.45) is 7.35. The third-order valence-electron chi connectivity index (χ3n) is 2.46. The van der Waals surface area contributed by atoms with E-state index in [1.807, 2.05) is 16.8 Å². The van der Waals surface area contributed by atoms with Gasteiger partial charge in [0.1, 0.15) is 0 Å². The van der Waals surface area contributed by atoms with Crippen LogP contribution in [-0.2, 0) is 12.8 Å². The molecule has 0 fully saturated rings. The fourth-order valence-corrected chi connectivity index (χ4v) is 1.88. The molecule has 0 aliphatic heterocycles. The van der Waals surface area contributed by atoms with Crippen LogP contribution in [0.1, 0.15) is 17.7 Å². The summed E-state index contributed by atoms with van der Waals surface area (Å²) in [6.45, 7) is 0. The molecule has 2 aromatic heterocycles. The summed E-state index contributed by atoms with van der Waals surface area (Å²) in [7, 11) is 0. The second kappa shape index (κ2) is 2.06. The normalized spacial score (nSPS) is 15.3. The van der Waals surface area contributed by atoms with Crippen molar-refractivity contribution in [3.63, 3.8) is 0 Å². The highest BCUT2D eigenvalue weighted by Crippen LogP contribution is 2.20. The monoisotopic (exact) mass is 159 g/mol. The van der Waals surface area contributed by atoms with Crippen molar-refractivity contribution in [1.82, 2.24) is 14.6 Å². The van der Waals surface area contributed by atoms with E-state index >= 15 is 0 Å². The van der Waals surface area contributed by atoms with Crippen molar-refractivity contribution in [2.75, 3.05) is 0 Å². The molecule has 0 amide bonds. The van der Waals surface area contributed by atoms with Crippen LogP contribution in [0.5, 0.6) is 0 Å². The number of hydrogen-bond acceptors (Lipinski definition) is 2. The minimum Gasteiger partial charge on any atom is -0.237 e.